The van der Waals surface area contributed by atoms with Crippen molar-refractivity contribution in [2.24, 2.45) is 0 Å². The first-order chi connectivity index (χ1) is 14.5. The van der Waals surface area contributed by atoms with Crippen LogP contribution in [0, 0.1) is 0 Å². The van der Waals surface area contributed by atoms with Gasteiger partial charge in [0.2, 0.25) is 0 Å². The van der Waals surface area contributed by atoms with Crippen LogP contribution in [0.3, 0.4) is 0 Å². The largest absolute Gasteiger partial charge is 0.460 e. The molecule has 1 fully saturated rings. The third kappa shape index (κ3) is 4.98. The van der Waals surface area contributed by atoms with Crippen molar-refractivity contribution in [3.63, 3.8) is 0 Å². The highest BCUT2D eigenvalue weighted by atomic mass is 35.5. The van der Waals surface area contributed by atoms with Crippen LogP contribution in [0.15, 0.2) is 48.5 Å². The van der Waals surface area contributed by atoms with Gasteiger partial charge in [0.05, 0.1) is 10.5 Å². The quantitative estimate of drug-likeness (QED) is 0.487. The van der Waals surface area contributed by atoms with Gasteiger partial charge in [0.1, 0.15) is 6.61 Å². The minimum absolute atomic E-state index is 0.181. The summed E-state index contributed by atoms with van der Waals surface area (Å²) in [7, 11) is 0. The van der Waals surface area contributed by atoms with Gasteiger partial charge in [0, 0.05) is 53.8 Å². The number of esters is 1. The van der Waals surface area contributed by atoms with Gasteiger partial charge in [-0.3, -0.25) is 4.90 Å². The summed E-state index contributed by atoms with van der Waals surface area (Å²) in [5.74, 6) is -0.490. The second-order valence-electron chi connectivity index (χ2n) is 7.10. The molecule has 0 bridgehead atoms. The SMILES string of the molecule is O=C(OCCN1CCN(c2cccc(Cl)c2)CC1)c1cc(Cl)c2ccc(Cl)cc2n1. The normalized spacial score (nSPS) is 14.8. The van der Waals surface area contributed by atoms with Gasteiger partial charge in [0.15, 0.2) is 5.69 Å². The summed E-state index contributed by atoms with van der Waals surface area (Å²) in [5.41, 5.74) is 1.88. The Hall–Kier alpha value is -2.05. The molecule has 2 heterocycles. The van der Waals surface area contributed by atoms with Gasteiger partial charge in [-0.2, -0.15) is 0 Å². The summed E-state index contributed by atoms with van der Waals surface area (Å²) in [6.45, 7) is 4.55. The van der Waals surface area contributed by atoms with Gasteiger partial charge in [-0.1, -0.05) is 40.9 Å². The van der Waals surface area contributed by atoms with E-state index in [1.807, 2.05) is 18.2 Å². The number of hydrogen-bond acceptors (Lipinski definition) is 5. The molecule has 0 atom stereocenters. The predicted molar refractivity (Wildman–Crippen MR) is 122 cm³/mol. The molecule has 3 aromatic rings. The molecule has 0 saturated carbocycles. The fourth-order valence-electron chi connectivity index (χ4n) is 3.51. The summed E-state index contributed by atoms with van der Waals surface area (Å²) >= 11 is 18.4. The highest BCUT2D eigenvalue weighted by molar-refractivity contribution is 6.36. The minimum atomic E-state index is -0.490. The van der Waals surface area contributed by atoms with Crippen molar-refractivity contribution in [1.82, 2.24) is 9.88 Å². The third-order valence-corrected chi connectivity index (χ3v) is 5.90. The topological polar surface area (TPSA) is 45.7 Å². The van der Waals surface area contributed by atoms with E-state index in [-0.39, 0.29) is 5.69 Å². The third-order valence-electron chi connectivity index (χ3n) is 5.12. The molecule has 0 radical (unpaired) electrons. The van der Waals surface area contributed by atoms with E-state index in [2.05, 4.69) is 20.9 Å². The van der Waals surface area contributed by atoms with Crippen molar-refractivity contribution in [2.75, 3.05) is 44.2 Å². The van der Waals surface area contributed by atoms with E-state index in [1.54, 1.807) is 18.2 Å². The average Bonchev–Trinajstić information content (AvgIpc) is 2.73. The molecular formula is C22H20Cl3N3O2. The lowest BCUT2D eigenvalue weighted by atomic mass is 10.2. The Balaban J connectivity index is 1.29. The van der Waals surface area contributed by atoms with E-state index in [0.29, 0.717) is 28.7 Å². The number of fused-ring (bicyclic) bond motifs is 1. The Bertz CT molecular complexity index is 1070. The highest BCUT2D eigenvalue weighted by Crippen LogP contribution is 2.26. The summed E-state index contributed by atoms with van der Waals surface area (Å²) in [4.78, 5) is 21.3. The van der Waals surface area contributed by atoms with Gasteiger partial charge < -0.3 is 9.64 Å². The number of pyridine rings is 1. The molecule has 0 aliphatic carbocycles. The van der Waals surface area contributed by atoms with Crippen molar-refractivity contribution in [2.45, 2.75) is 0 Å². The first-order valence-corrected chi connectivity index (χ1v) is 10.8. The number of hydrogen-bond donors (Lipinski definition) is 0. The number of ether oxygens (including phenoxy) is 1. The number of aromatic nitrogens is 1. The Morgan fingerprint density at radius 3 is 2.50 bits per heavy atom. The van der Waals surface area contributed by atoms with Crippen LogP contribution in [0.5, 0.6) is 0 Å². The monoisotopic (exact) mass is 463 g/mol. The van der Waals surface area contributed by atoms with Crippen LogP contribution < -0.4 is 4.90 Å². The fraction of sp³-hybridized carbons (Fsp3) is 0.273. The summed E-state index contributed by atoms with van der Waals surface area (Å²) in [6, 6.07) is 14.6. The first kappa shape index (κ1) is 21.2. The molecular weight excluding hydrogens is 445 g/mol. The maximum Gasteiger partial charge on any atom is 0.357 e. The molecule has 30 heavy (non-hydrogen) atoms. The second-order valence-corrected chi connectivity index (χ2v) is 8.38. The lowest BCUT2D eigenvalue weighted by Crippen LogP contribution is -2.47. The molecule has 1 aliphatic rings. The molecule has 156 valence electrons. The van der Waals surface area contributed by atoms with Gasteiger partial charge in [-0.05, 0) is 42.5 Å². The second kappa shape index (κ2) is 9.40. The average molecular weight is 465 g/mol. The first-order valence-electron chi connectivity index (χ1n) is 9.65. The van der Waals surface area contributed by atoms with Crippen molar-refractivity contribution < 1.29 is 9.53 Å². The maximum absolute atomic E-state index is 12.4. The van der Waals surface area contributed by atoms with Crippen molar-refractivity contribution >= 4 is 57.4 Å². The lowest BCUT2D eigenvalue weighted by molar-refractivity contribution is 0.0453. The van der Waals surface area contributed by atoms with E-state index < -0.39 is 5.97 Å². The van der Waals surface area contributed by atoms with Crippen LogP contribution >= 0.6 is 34.8 Å². The van der Waals surface area contributed by atoms with Crippen LogP contribution in [0.25, 0.3) is 10.9 Å². The van der Waals surface area contributed by atoms with E-state index in [1.165, 1.54) is 6.07 Å². The number of halogens is 3. The molecule has 1 aromatic heterocycles. The molecule has 0 spiro atoms. The Labute approximate surface area is 190 Å². The summed E-state index contributed by atoms with van der Waals surface area (Å²) < 4.78 is 5.43. The molecule has 0 N–H and O–H groups in total. The highest BCUT2D eigenvalue weighted by Gasteiger charge is 2.18. The number of piperazine rings is 1. The van der Waals surface area contributed by atoms with Crippen LogP contribution in [-0.4, -0.2) is 55.2 Å². The molecule has 2 aromatic carbocycles. The Morgan fingerprint density at radius 1 is 0.967 bits per heavy atom. The number of anilines is 1. The van der Waals surface area contributed by atoms with Crippen LogP contribution in [0.1, 0.15) is 10.5 Å². The Morgan fingerprint density at radius 2 is 1.73 bits per heavy atom. The number of carbonyl (C=O) groups excluding carboxylic acids is 1. The van der Waals surface area contributed by atoms with Crippen molar-refractivity contribution in [1.29, 1.82) is 0 Å². The number of carbonyl (C=O) groups is 1. The number of benzene rings is 2. The van der Waals surface area contributed by atoms with Crippen molar-refractivity contribution in [3.05, 3.63) is 69.3 Å². The molecule has 0 amide bonds. The molecule has 1 aliphatic heterocycles. The number of rotatable bonds is 5. The molecule has 1 saturated heterocycles. The molecule has 5 nitrogen and oxygen atoms in total. The van der Waals surface area contributed by atoms with Gasteiger partial charge in [-0.15, -0.1) is 0 Å². The van der Waals surface area contributed by atoms with Gasteiger partial charge in [0.25, 0.3) is 0 Å². The van der Waals surface area contributed by atoms with Crippen molar-refractivity contribution in [3.8, 4) is 0 Å². The van der Waals surface area contributed by atoms with E-state index >= 15 is 0 Å². The maximum atomic E-state index is 12.4. The Kier molecular flexibility index (Phi) is 6.64. The molecule has 4 rings (SSSR count). The zero-order valence-corrected chi connectivity index (χ0v) is 18.4. The van der Waals surface area contributed by atoms with Gasteiger partial charge >= 0.3 is 5.97 Å². The smallest absolute Gasteiger partial charge is 0.357 e. The number of nitrogens with zero attached hydrogens (tertiary/aromatic N) is 3. The van der Waals surface area contributed by atoms with Crippen LogP contribution in [-0.2, 0) is 4.74 Å². The van der Waals surface area contributed by atoms with Crippen LogP contribution in [0.4, 0.5) is 5.69 Å². The fourth-order valence-corrected chi connectivity index (χ4v) is 4.12. The molecule has 8 heteroatoms. The lowest BCUT2D eigenvalue weighted by Gasteiger charge is -2.36. The van der Waals surface area contributed by atoms with Crippen LogP contribution in [0.2, 0.25) is 15.1 Å². The zero-order chi connectivity index (χ0) is 21.1. The predicted octanol–water partition coefficient (Wildman–Crippen LogP) is 5.17. The van der Waals surface area contributed by atoms with Gasteiger partial charge in [-0.25, -0.2) is 9.78 Å². The zero-order valence-electron chi connectivity index (χ0n) is 16.2. The minimum Gasteiger partial charge on any atom is -0.460 e. The van der Waals surface area contributed by atoms with E-state index in [9.17, 15) is 4.79 Å². The summed E-state index contributed by atoms with van der Waals surface area (Å²) in [6.07, 6.45) is 0. The standard InChI is InChI=1S/C22H20Cl3N3O2/c23-15-2-1-3-17(12-15)28-8-6-27(7-9-28)10-11-30-22(29)21-14-19(25)18-5-4-16(24)13-20(18)26-21/h1-5,12-14H,6-11H2. The van der Waals surface area contributed by atoms with E-state index in [0.717, 1.165) is 42.3 Å². The summed E-state index contributed by atoms with van der Waals surface area (Å²) in [5, 5.41) is 2.47. The van der Waals surface area contributed by atoms with E-state index in [4.69, 9.17) is 39.5 Å². The molecule has 0 unspecified atom stereocenters.